The van der Waals surface area contributed by atoms with Crippen LogP contribution in [0, 0.1) is 13.8 Å². The summed E-state index contributed by atoms with van der Waals surface area (Å²) in [4.78, 5) is 23.7. The minimum Gasteiger partial charge on any atom is -0.497 e. The quantitative estimate of drug-likeness (QED) is 0.608. The highest BCUT2D eigenvalue weighted by Crippen LogP contribution is 2.22. The van der Waals surface area contributed by atoms with Crippen LogP contribution in [0.4, 0.5) is 0 Å². The number of ether oxygens (including phenoxy) is 2. The van der Waals surface area contributed by atoms with E-state index in [-0.39, 0.29) is 18.6 Å². The molecule has 0 N–H and O–H groups in total. The molecule has 0 spiro atoms. The molecule has 0 saturated carbocycles. The summed E-state index contributed by atoms with van der Waals surface area (Å²) in [7, 11) is 1.66. The fourth-order valence-corrected chi connectivity index (χ4v) is 3.76. The van der Waals surface area contributed by atoms with Gasteiger partial charge < -0.3 is 14.4 Å². The van der Waals surface area contributed by atoms with Gasteiger partial charge in [-0.2, -0.15) is 5.10 Å². The van der Waals surface area contributed by atoms with Crippen molar-refractivity contribution in [2.24, 2.45) is 0 Å². The minimum absolute atomic E-state index is 0.00818. The third-order valence-electron chi connectivity index (χ3n) is 5.34. The van der Waals surface area contributed by atoms with Crippen LogP contribution < -0.4 is 4.74 Å². The first kappa shape index (κ1) is 21.0. The molecule has 1 fully saturated rings. The van der Waals surface area contributed by atoms with Gasteiger partial charge in [0.25, 0.3) is 0 Å². The Hall–Kier alpha value is -3.26. The zero-order valence-electron chi connectivity index (χ0n) is 18.1. The van der Waals surface area contributed by atoms with E-state index in [0.29, 0.717) is 31.9 Å². The van der Waals surface area contributed by atoms with Crippen LogP contribution in [0.3, 0.4) is 0 Å². The zero-order valence-corrected chi connectivity index (χ0v) is 18.1. The SMILES string of the molecule is COc1cccc(Cc2cccc([C@H]3CN(C(=O)Cn4nc(C)nc4C)CCO3)n2)c1. The number of hydrogen-bond acceptors (Lipinski definition) is 6. The zero-order chi connectivity index (χ0) is 21.8. The molecule has 1 saturated heterocycles. The van der Waals surface area contributed by atoms with Crippen molar-refractivity contribution in [2.75, 3.05) is 26.8 Å². The van der Waals surface area contributed by atoms with Gasteiger partial charge in [0, 0.05) is 18.7 Å². The Kier molecular flexibility index (Phi) is 6.27. The summed E-state index contributed by atoms with van der Waals surface area (Å²) in [6, 6.07) is 13.9. The van der Waals surface area contributed by atoms with E-state index in [4.69, 9.17) is 14.5 Å². The van der Waals surface area contributed by atoms with E-state index in [1.54, 1.807) is 11.8 Å². The maximum absolute atomic E-state index is 12.8. The summed E-state index contributed by atoms with van der Waals surface area (Å²) in [5.41, 5.74) is 2.92. The van der Waals surface area contributed by atoms with Crippen LogP contribution in [0.15, 0.2) is 42.5 Å². The van der Waals surface area contributed by atoms with Crippen LogP contribution in [-0.2, 0) is 22.5 Å². The Balaban J connectivity index is 1.43. The Morgan fingerprint density at radius 3 is 2.81 bits per heavy atom. The van der Waals surface area contributed by atoms with E-state index in [9.17, 15) is 4.79 Å². The topological polar surface area (TPSA) is 82.4 Å². The predicted octanol–water partition coefficient (Wildman–Crippen LogP) is 2.49. The molecule has 1 atom stereocenters. The van der Waals surface area contributed by atoms with Crippen LogP contribution in [0.25, 0.3) is 0 Å². The van der Waals surface area contributed by atoms with Gasteiger partial charge in [-0.15, -0.1) is 0 Å². The fourth-order valence-electron chi connectivity index (χ4n) is 3.76. The standard InChI is InChI=1S/C23H27N5O3/c1-16-24-17(2)28(26-16)15-23(29)27-10-11-31-22(14-27)21-9-5-7-19(25-21)12-18-6-4-8-20(13-18)30-3/h4-9,13,22H,10-12,14-15H2,1-3H3/t22-/m1/s1. The first-order valence-corrected chi connectivity index (χ1v) is 10.4. The summed E-state index contributed by atoms with van der Waals surface area (Å²) in [6.45, 7) is 5.37. The molecule has 0 radical (unpaired) electrons. The lowest BCUT2D eigenvalue weighted by molar-refractivity contribution is -0.140. The predicted molar refractivity (Wildman–Crippen MR) is 115 cm³/mol. The number of aromatic nitrogens is 4. The number of pyridine rings is 1. The average molecular weight is 422 g/mol. The van der Waals surface area contributed by atoms with Crippen LogP contribution in [0.5, 0.6) is 5.75 Å². The molecule has 1 aromatic carbocycles. The lowest BCUT2D eigenvalue weighted by atomic mass is 10.1. The Labute approximate surface area is 181 Å². The number of aryl methyl sites for hydroxylation is 2. The molecular weight excluding hydrogens is 394 g/mol. The molecule has 0 aliphatic carbocycles. The van der Waals surface area contributed by atoms with Gasteiger partial charge in [-0.3, -0.25) is 9.78 Å². The van der Waals surface area contributed by atoms with Gasteiger partial charge in [0.05, 0.1) is 26.0 Å². The second kappa shape index (κ2) is 9.26. The van der Waals surface area contributed by atoms with Crippen molar-refractivity contribution < 1.29 is 14.3 Å². The summed E-state index contributed by atoms with van der Waals surface area (Å²) >= 11 is 0. The molecule has 0 bridgehead atoms. The number of nitrogens with zero attached hydrogens (tertiary/aromatic N) is 5. The summed E-state index contributed by atoms with van der Waals surface area (Å²) < 4.78 is 12.9. The van der Waals surface area contributed by atoms with Crippen LogP contribution in [0.1, 0.15) is 34.7 Å². The second-order valence-corrected chi connectivity index (χ2v) is 7.65. The van der Waals surface area contributed by atoms with Gasteiger partial charge in [-0.1, -0.05) is 18.2 Å². The Morgan fingerprint density at radius 1 is 1.19 bits per heavy atom. The normalized spacial score (nSPS) is 16.4. The van der Waals surface area contributed by atoms with Crippen LogP contribution in [-0.4, -0.2) is 57.4 Å². The van der Waals surface area contributed by atoms with Crippen LogP contribution in [0.2, 0.25) is 0 Å². The first-order valence-electron chi connectivity index (χ1n) is 10.4. The molecule has 1 amide bonds. The lowest BCUT2D eigenvalue weighted by Crippen LogP contribution is -2.44. The second-order valence-electron chi connectivity index (χ2n) is 7.65. The third kappa shape index (κ3) is 5.08. The van der Waals surface area contributed by atoms with E-state index in [1.165, 1.54) is 0 Å². The van der Waals surface area contributed by atoms with Crippen molar-refractivity contribution in [1.82, 2.24) is 24.6 Å². The van der Waals surface area contributed by atoms with Crippen molar-refractivity contribution >= 4 is 5.91 Å². The van der Waals surface area contributed by atoms with Gasteiger partial charge in [0.1, 0.15) is 30.0 Å². The van der Waals surface area contributed by atoms with Crippen LogP contribution >= 0.6 is 0 Å². The van der Waals surface area contributed by atoms with Gasteiger partial charge in [-0.25, -0.2) is 9.67 Å². The van der Waals surface area contributed by atoms with Crippen molar-refractivity contribution in [3.05, 3.63) is 71.1 Å². The van der Waals surface area contributed by atoms with Crippen molar-refractivity contribution in [2.45, 2.75) is 32.9 Å². The van der Waals surface area contributed by atoms with E-state index in [1.807, 2.05) is 55.1 Å². The number of morpholine rings is 1. The molecule has 2 aromatic heterocycles. The van der Waals surface area contributed by atoms with Crippen molar-refractivity contribution in [3.63, 3.8) is 0 Å². The van der Waals surface area contributed by atoms with Gasteiger partial charge in [0.2, 0.25) is 5.91 Å². The molecule has 8 nitrogen and oxygen atoms in total. The Morgan fingerprint density at radius 2 is 2.03 bits per heavy atom. The molecule has 8 heteroatoms. The monoisotopic (exact) mass is 421 g/mol. The molecule has 0 unspecified atom stereocenters. The maximum atomic E-state index is 12.8. The van der Waals surface area contributed by atoms with Gasteiger partial charge >= 0.3 is 0 Å². The number of hydrogen-bond donors (Lipinski definition) is 0. The van der Waals surface area contributed by atoms with E-state index >= 15 is 0 Å². The summed E-state index contributed by atoms with van der Waals surface area (Å²) in [5.74, 6) is 2.25. The largest absolute Gasteiger partial charge is 0.497 e. The summed E-state index contributed by atoms with van der Waals surface area (Å²) in [6.07, 6.45) is 0.451. The maximum Gasteiger partial charge on any atom is 0.244 e. The molecule has 3 aromatic rings. The summed E-state index contributed by atoms with van der Waals surface area (Å²) in [5, 5.41) is 4.29. The van der Waals surface area contributed by atoms with E-state index < -0.39 is 0 Å². The number of rotatable bonds is 6. The number of methoxy groups -OCH3 is 1. The number of carbonyl (C=O) groups is 1. The average Bonchev–Trinajstić information content (AvgIpc) is 3.10. The molecule has 3 heterocycles. The highest BCUT2D eigenvalue weighted by Gasteiger charge is 2.27. The van der Waals surface area contributed by atoms with Gasteiger partial charge in [-0.05, 0) is 43.7 Å². The number of amides is 1. The molecule has 1 aliphatic heterocycles. The minimum atomic E-state index is -0.249. The lowest BCUT2D eigenvalue weighted by Gasteiger charge is -2.32. The van der Waals surface area contributed by atoms with Crippen molar-refractivity contribution in [1.29, 1.82) is 0 Å². The number of carbonyl (C=O) groups excluding carboxylic acids is 1. The Bertz CT molecular complexity index is 1060. The molecule has 31 heavy (non-hydrogen) atoms. The highest BCUT2D eigenvalue weighted by atomic mass is 16.5. The molecular formula is C23H27N5O3. The first-order chi connectivity index (χ1) is 15.0. The highest BCUT2D eigenvalue weighted by molar-refractivity contribution is 5.76. The molecule has 4 rings (SSSR count). The molecule has 1 aliphatic rings. The number of benzene rings is 1. The molecule has 162 valence electrons. The van der Waals surface area contributed by atoms with E-state index in [0.717, 1.165) is 28.5 Å². The van der Waals surface area contributed by atoms with E-state index in [2.05, 4.69) is 16.1 Å². The van der Waals surface area contributed by atoms with Gasteiger partial charge in [0.15, 0.2) is 0 Å². The van der Waals surface area contributed by atoms with Crippen molar-refractivity contribution in [3.8, 4) is 5.75 Å². The fraction of sp³-hybridized carbons (Fsp3) is 0.391. The smallest absolute Gasteiger partial charge is 0.244 e. The third-order valence-corrected chi connectivity index (χ3v) is 5.34.